The fourth-order valence-electron chi connectivity index (χ4n) is 4.51. The SMILES string of the molecule is Cc1cc(C)[n+]2n1B1c3ccccc3B2[n+]2c(C)cc(C)n21. The number of hydrogen-bond donors (Lipinski definition) is 0. The zero-order chi connectivity index (χ0) is 15.2. The van der Waals surface area contributed by atoms with Crippen molar-refractivity contribution in [1.29, 1.82) is 0 Å². The number of rotatable bonds is 0. The van der Waals surface area contributed by atoms with E-state index in [1.165, 1.54) is 33.7 Å². The molecule has 3 aliphatic rings. The molecular formula is C16H18B2N4+2. The van der Waals surface area contributed by atoms with Crippen LogP contribution in [0.15, 0.2) is 36.4 Å². The van der Waals surface area contributed by atoms with Crippen LogP contribution in [0.3, 0.4) is 0 Å². The van der Waals surface area contributed by atoms with Crippen LogP contribution in [0.5, 0.6) is 0 Å². The van der Waals surface area contributed by atoms with Crippen LogP contribution in [-0.4, -0.2) is 23.2 Å². The maximum absolute atomic E-state index is 2.45. The van der Waals surface area contributed by atoms with Crippen molar-refractivity contribution in [2.75, 3.05) is 0 Å². The van der Waals surface area contributed by atoms with E-state index in [9.17, 15) is 0 Å². The first-order valence-electron chi connectivity index (χ1n) is 7.89. The van der Waals surface area contributed by atoms with E-state index in [4.69, 9.17) is 0 Å². The van der Waals surface area contributed by atoms with Gasteiger partial charge in [-0.05, 0) is 19.3 Å². The minimum Gasteiger partial charge on any atom is -0.187 e. The Kier molecular flexibility index (Phi) is 2.10. The van der Waals surface area contributed by atoms with Gasteiger partial charge in [-0.3, -0.25) is 0 Å². The second-order valence-electron chi connectivity index (χ2n) is 6.61. The van der Waals surface area contributed by atoms with Crippen molar-refractivity contribution in [2.24, 2.45) is 0 Å². The van der Waals surface area contributed by atoms with Crippen molar-refractivity contribution < 1.29 is 9.19 Å². The average Bonchev–Trinajstić information content (AvgIpc) is 2.98. The third-order valence-electron chi connectivity index (χ3n) is 5.22. The number of aryl methyl sites for hydroxylation is 4. The minimum atomic E-state index is 0.212. The molecule has 3 aliphatic heterocycles. The quantitative estimate of drug-likeness (QED) is 0.336. The molecule has 2 aromatic heterocycles. The Labute approximate surface area is 130 Å². The molecule has 3 aromatic rings. The molecule has 0 fully saturated rings. The molecule has 2 bridgehead atoms. The standard InChI is InChI=1S/C16H18B2N4/c1-11-9-12(2)20-18-16-8-6-5-7-15(16)17(19(11)20)21-13(3)10-14(4)22(18)21/h5-10H,1-4H3/q+2. The van der Waals surface area contributed by atoms with Crippen molar-refractivity contribution >= 4 is 24.9 Å². The van der Waals surface area contributed by atoms with E-state index in [2.05, 4.69) is 82.5 Å². The van der Waals surface area contributed by atoms with Crippen LogP contribution in [-0.2, 0) is 0 Å². The zero-order valence-electron chi connectivity index (χ0n) is 13.4. The third kappa shape index (κ3) is 1.19. The molecule has 6 rings (SSSR count). The molecule has 6 heteroatoms. The Morgan fingerprint density at radius 1 is 0.773 bits per heavy atom. The normalized spacial score (nSPS) is 14.2. The summed E-state index contributed by atoms with van der Waals surface area (Å²) < 4.78 is 9.81. The monoisotopic (exact) mass is 288 g/mol. The Balaban J connectivity index is 1.97. The van der Waals surface area contributed by atoms with Gasteiger partial charge in [0.2, 0.25) is 0 Å². The van der Waals surface area contributed by atoms with Gasteiger partial charge in [0.1, 0.15) is 0 Å². The minimum absolute atomic E-state index is 0.212. The average molecular weight is 288 g/mol. The Morgan fingerprint density at radius 3 is 1.82 bits per heavy atom. The van der Waals surface area contributed by atoms with Crippen LogP contribution in [0.1, 0.15) is 22.8 Å². The van der Waals surface area contributed by atoms with E-state index >= 15 is 0 Å². The molecule has 1 aromatic carbocycles. The largest absolute Gasteiger partial charge is 0.923 e. The van der Waals surface area contributed by atoms with Gasteiger partial charge in [-0.25, -0.2) is 0 Å². The van der Waals surface area contributed by atoms with Gasteiger partial charge in [0, 0.05) is 26.0 Å². The Hall–Kier alpha value is -2.23. The summed E-state index contributed by atoms with van der Waals surface area (Å²) >= 11 is 0. The summed E-state index contributed by atoms with van der Waals surface area (Å²) in [6.07, 6.45) is 0. The van der Waals surface area contributed by atoms with E-state index in [0.717, 1.165) is 0 Å². The fraction of sp³-hybridized carbons (Fsp3) is 0.250. The lowest BCUT2D eigenvalue weighted by Gasteiger charge is -2.28. The van der Waals surface area contributed by atoms with Crippen LogP contribution in [0.4, 0.5) is 0 Å². The second kappa shape index (κ2) is 3.75. The lowest BCUT2D eigenvalue weighted by Crippen LogP contribution is -2.95. The topological polar surface area (TPSA) is 17.6 Å². The van der Waals surface area contributed by atoms with Gasteiger partial charge < -0.3 is 0 Å². The van der Waals surface area contributed by atoms with Gasteiger partial charge in [-0.1, -0.05) is 24.3 Å². The molecule has 5 heterocycles. The maximum atomic E-state index is 2.45. The summed E-state index contributed by atoms with van der Waals surface area (Å²) in [6.45, 7) is 9.27. The molecule has 4 nitrogen and oxygen atoms in total. The zero-order valence-corrected chi connectivity index (χ0v) is 13.4. The van der Waals surface area contributed by atoms with Gasteiger partial charge in [-0.2, -0.15) is 9.19 Å². The summed E-state index contributed by atoms with van der Waals surface area (Å²) in [5, 5.41) is 0. The molecule has 0 atom stereocenters. The highest BCUT2D eigenvalue weighted by Gasteiger charge is 2.68. The predicted octanol–water partition coefficient (Wildman–Crippen LogP) is -0.691. The van der Waals surface area contributed by atoms with Crippen LogP contribution in [0, 0.1) is 27.7 Å². The van der Waals surface area contributed by atoms with E-state index in [1.807, 2.05) is 0 Å². The first-order chi connectivity index (χ1) is 10.6. The molecular weight excluding hydrogens is 270 g/mol. The van der Waals surface area contributed by atoms with Crippen molar-refractivity contribution in [3.8, 4) is 0 Å². The summed E-state index contributed by atoms with van der Waals surface area (Å²) in [7, 11) is 0. The van der Waals surface area contributed by atoms with Crippen molar-refractivity contribution in [3.63, 3.8) is 0 Å². The highest BCUT2D eigenvalue weighted by atomic mass is 15.5. The molecule has 22 heavy (non-hydrogen) atoms. The molecule has 0 spiro atoms. The molecule has 0 saturated carbocycles. The van der Waals surface area contributed by atoms with Crippen molar-refractivity contribution in [1.82, 2.24) is 9.19 Å². The van der Waals surface area contributed by atoms with Crippen LogP contribution >= 0.6 is 0 Å². The summed E-state index contributed by atoms with van der Waals surface area (Å²) in [5.41, 5.74) is 8.12. The molecule has 0 saturated heterocycles. The number of aromatic nitrogens is 4. The molecule has 106 valence electrons. The molecule has 0 radical (unpaired) electrons. The highest BCUT2D eigenvalue weighted by Crippen LogP contribution is 2.13. The molecule has 0 unspecified atom stereocenters. The first-order valence-corrected chi connectivity index (χ1v) is 7.89. The van der Waals surface area contributed by atoms with Crippen LogP contribution in [0.25, 0.3) is 0 Å². The maximum Gasteiger partial charge on any atom is 0.923 e. The number of hydrogen-bond acceptors (Lipinski definition) is 0. The molecule has 0 aliphatic carbocycles. The van der Waals surface area contributed by atoms with Gasteiger partial charge >= 0.3 is 14.0 Å². The summed E-state index contributed by atoms with van der Waals surface area (Å²) in [4.78, 5) is 0. The number of benzene rings is 1. The van der Waals surface area contributed by atoms with Crippen molar-refractivity contribution in [2.45, 2.75) is 27.7 Å². The van der Waals surface area contributed by atoms with Gasteiger partial charge in [0.25, 0.3) is 0 Å². The smallest absolute Gasteiger partial charge is 0.187 e. The van der Waals surface area contributed by atoms with E-state index in [-0.39, 0.29) is 14.0 Å². The molecule has 0 amide bonds. The second-order valence-corrected chi connectivity index (χ2v) is 6.61. The predicted molar refractivity (Wildman–Crippen MR) is 87.0 cm³/mol. The summed E-state index contributed by atoms with van der Waals surface area (Å²) in [6, 6.07) is 13.5. The van der Waals surface area contributed by atoms with E-state index in [1.54, 1.807) is 0 Å². The van der Waals surface area contributed by atoms with Crippen molar-refractivity contribution in [3.05, 3.63) is 59.2 Å². The third-order valence-corrected chi connectivity index (χ3v) is 5.22. The van der Waals surface area contributed by atoms with E-state index < -0.39 is 0 Å². The van der Waals surface area contributed by atoms with Gasteiger partial charge in [-0.15, -0.1) is 9.19 Å². The van der Waals surface area contributed by atoms with Gasteiger partial charge in [0.15, 0.2) is 11.4 Å². The number of nitrogens with zero attached hydrogens (tertiary/aromatic N) is 4. The Morgan fingerprint density at radius 2 is 1.27 bits per heavy atom. The first kappa shape index (κ1) is 12.3. The highest BCUT2D eigenvalue weighted by molar-refractivity contribution is 6.80. The van der Waals surface area contributed by atoms with Gasteiger partial charge in [0.05, 0.1) is 16.9 Å². The lowest BCUT2D eigenvalue weighted by atomic mass is 9.50. The Bertz CT molecular complexity index is 827. The fourth-order valence-corrected chi connectivity index (χ4v) is 4.51. The van der Waals surface area contributed by atoms with E-state index in [0.29, 0.717) is 0 Å². The lowest BCUT2D eigenvalue weighted by molar-refractivity contribution is -0.759. The summed E-state index contributed by atoms with van der Waals surface area (Å²) in [5.74, 6) is 0. The van der Waals surface area contributed by atoms with Crippen LogP contribution < -0.4 is 20.1 Å². The molecule has 0 N–H and O–H groups in total. The van der Waals surface area contributed by atoms with Crippen LogP contribution in [0.2, 0.25) is 0 Å².